The average Bonchev–Trinajstić information content (AvgIpc) is 2.19. The fourth-order valence-corrected chi connectivity index (χ4v) is 0.983. The number of rotatable bonds is 4. The molecule has 0 aliphatic rings. The first-order chi connectivity index (χ1) is 6.43. The van der Waals surface area contributed by atoms with Crippen molar-refractivity contribution < 1.29 is 0 Å². The third-order valence-electron chi connectivity index (χ3n) is 1.63. The Kier molecular flexibility index (Phi) is 4.62. The highest BCUT2D eigenvalue weighted by atomic mass is 14.7. The summed E-state index contributed by atoms with van der Waals surface area (Å²) in [5, 5.41) is 0. The van der Waals surface area contributed by atoms with Crippen molar-refractivity contribution >= 4 is 12.3 Å². The minimum Gasteiger partial charge on any atom is -0.293 e. The molecule has 0 amide bonds. The van der Waals surface area contributed by atoms with E-state index in [-0.39, 0.29) is 0 Å². The zero-order valence-electron chi connectivity index (χ0n) is 7.98. The van der Waals surface area contributed by atoms with Gasteiger partial charge in [0.1, 0.15) is 0 Å². The number of allylic oxidation sites excluding steroid dienone is 1. The molecule has 1 rings (SSSR count). The van der Waals surface area contributed by atoms with Gasteiger partial charge in [-0.05, 0) is 18.1 Å². The molecule has 1 nitrogen and oxygen atoms in total. The van der Waals surface area contributed by atoms with Crippen molar-refractivity contribution in [2.24, 2.45) is 4.99 Å². The quantitative estimate of drug-likeness (QED) is 0.620. The van der Waals surface area contributed by atoms with E-state index in [1.807, 2.05) is 30.5 Å². The number of aliphatic imine (C=N–C) groups is 1. The Bertz CT molecular complexity index is 272. The summed E-state index contributed by atoms with van der Waals surface area (Å²) in [5.41, 5.74) is 1.21. The standard InChI is InChI=1S/C12H15N/c1-2-10-13-11-6-9-12-7-4-3-5-8-12/h3-9,11H,2,10H2,1H3. The van der Waals surface area contributed by atoms with Gasteiger partial charge in [-0.1, -0.05) is 43.3 Å². The Morgan fingerprint density at radius 2 is 2.00 bits per heavy atom. The first-order valence-electron chi connectivity index (χ1n) is 4.65. The van der Waals surface area contributed by atoms with Gasteiger partial charge >= 0.3 is 0 Å². The number of hydrogen-bond acceptors (Lipinski definition) is 1. The molecule has 0 aliphatic heterocycles. The summed E-state index contributed by atoms with van der Waals surface area (Å²) < 4.78 is 0. The predicted molar refractivity (Wildman–Crippen MR) is 59.1 cm³/mol. The van der Waals surface area contributed by atoms with Gasteiger partial charge in [-0.25, -0.2) is 0 Å². The van der Waals surface area contributed by atoms with Gasteiger partial charge in [0, 0.05) is 12.8 Å². The maximum absolute atomic E-state index is 4.19. The SMILES string of the molecule is CCCN=CC=Cc1ccccc1. The smallest absolute Gasteiger partial charge is 0.0386 e. The lowest BCUT2D eigenvalue weighted by Gasteiger charge is -1.88. The molecule has 1 heteroatoms. The molecule has 0 aromatic heterocycles. The second kappa shape index (κ2) is 6.18. The molecule has 1 aromatic carbocycles. The highest BCUT2D eigenvalue weighted by molar-refractivity contribution is 5.78. The highest BCUT2D eigenvalue weighted by Crippen LogP contribution is 1.99. The molecule has 0 saturated carbocycles. The maximum Gasteiger partial charge on any atom is 0.0386 e. The van der Waals surface area contributed by atoms with Gasteiger partial charge in [0.2, 0.25) is 0 Å². The topological polar surface area (TPSA) is 12.4 Å². The van der Waals surface area contributed by atoms with Crippen molar-refractivity contribution in [2.45, 2.75) is 13.3 Å². The maximum atomic E-state index is 4.19. The minimum atomic E-state index is 0.916. The van der Waals surface area contributed by atoms with Crippen molar-refractivity contribution in [1.82, 2.24) is 0 Å². The van der Waals surface area contributed by atoms with Crippen LogP contribution in [0.5, 0.6) is 0 Å². The van der Waals surface area contributed by atoms with E-state index in [1.54, 1.807) is 0 Å². The summed E-state index contributed by atoms with van der Waals surface area (Å²) in [6.07, 6.45) is 7.00. The first-order valence-corrected chi connectivity index (χ1v) is 4.65. The molecule has 0 bridgehead atoms. The molecule has 0 spiro atoms. The lowest BCUT2D eigenvalue weighted by Crippen LogP contribution is -1.75. The van der Waals surface area contributed by atoms with Gasteiger partial charge in [0.15, 0.2) is 0 Å². The van der Waals surface area contributed by atoms with Crippen LogP contribution in [0, 0.1) is 0 Å². The van der Waals surface area contributed by atoms with Crippen molar-refractivity contribution in [2.75, 3.05) is 6.54 Å². The molecule has 0 N–H and O–H groups in total. The van der Waals surface area contributed by atoms with Crippen LogP contribution in [-0.4, -0.2) is 12.8 Å². The summed E-state index contributed by atoms with van der Waals surface area (Å²) in [6, 6.07) is 10.2. The Hall–Kier alpha value is -1.37. The third kappa shape index (κ3) is 4.26. The van der Waals surface area contributed by atoms with Crippen LogP contribution in [0.4, 0.5) is 0 Å². The molecule has 0 unspecified atom stereocenters. The molecular formula is C12H15N. The monoisotopic (exact) mass is 173 g/mol. The third-order valence-corrected chi connectivity index (χ3v) is 1.63. The molecule has 0 aliphatic carbocycles. The fourth-order valence-electron chi connectivity index (χ4n) is 0.983. The number of hydrogen-bond donors (Lipinski definition) is 0. The Labute approximate surface area is 79.8 Å². The van der Waals surface area contributed by atoms with E-state index in [4.69, 9.17) is 0 Å². The van der Waals surface area contributed by atoms with E-state index in [2.05, 4.69) is 30.1 Å². The van der Waals surface area contributed by atoms with Crippen LogP contribution in [0.2, 0.25) is 0 Å². The highest BCUT2D eigenvalue weighted by Gasteiger charge is 1.79. The van der Waals surface area contributed by atoms with Crippen LogP contribution in [0.15, 0.2) is 41.4 Å². The Morgan fingerprint density at radius 3 is 2.69 bits per heavy atom. The summed E-state index contributed by atoms with van der Waals surface area (Å²) in [7, 11) is 0. The molecule has 0 atom stereocenters. The lowest BCUT2D eigenvalue weighted by atomic mass is 10.2. The first kappa shape index (κ1) is 9.72. The largest absolute Gasteiger partial charge is 0.293 e. The molecule has 13 heavy (non-hydrogen) atoms. The van der Waals surface area contributed by atoms with Crippen molar-refractivity contribution in [3.63, 3.8) is 0 Å². The molecule has 0 heterocycles. The van der Waals surface area contributed by atoms with Gasteiger partial charge in [0.25, 0.3) is 0 Å². The van der Waals surface area contributed by atoms with Crippen LogP contribution in [-0.2, 0) is 0 Å². The summed E-state index contributed by atoms with van der Waals surface area (Å²) >= 11 is 0. The van der Waals surface area contributed by atoms with Crippen LogP contribution < -0.4 is 0 Å². The zero-order valence-corrected chi connectivity index (χ0v) is 7.98. The van der Waals surface area contributed by atoms with E-state index in [0.29, 0.717) is 0 Å². The van der Waals surface area contributed by atoms with Crippen molar-refractivity contribution in [3.8, 4) is 0 Å². The van der Waals surface area contributed by atoms with E-state index >= 15 is 0 Å². The normalized spacial score (nSPS) is 11.5. The van der Waals surface area contributed by atoms with Crippen LogP contribution in [0.25, 0.3) is 6.08 Å². The van der Waals surface area contributed by atoms with Crippen molar-refractivity contribution in [3.05, 3.63) is 42.0 Å². The summed E-state index contributed by atoms with van der Waals surface area (Å²) in [5.74, 6) is 0. The molecule has 0 radical (unpaired) electrons. The van der Waals surface area contributed by atoms with E-state index < -0.39 is 0 Å². The van der Waals surface area contributed by atoms with E-state index in [9.17, 15) is 0 Å². The minimum absolute atomic E-state index is 0.916. The lowest BCUT2D eigenvalue weighted by molar-refractivity contribution is 0.937. The van der Waals surface area contributed by atoms with Gasteiger partial charge in [0.05, 0.1) is 0 Å². The Morgan fingerprint density at radius 1 is 1.23 bits per heavy atom. The van der Waals surface area contributed by atoms with Crippen LogP contribution in [0.3, 0.4) is 0 Å². The molecule has 0 fully saturated rings. The summed E-state index contributed by atoms with van der Waals surface area (Å²) in [4.78, 5) is 4.19. The van der Waals surface area contributed by atoms with Gasteiger partial charge in [-0.3, -0.25) is 4.99 Å². The van der Waals surface area contributed by atoms with E-state index in [0.717, 1.165) is 13.0 Å². The molecule has 0 saturated heterocycles. The van der Waals surface area contributed by atoms with Crippen molar-refractivity contribution in [1.29, 1.82) is 0 Å². The molecule has 1 aromatic rings. The van der Waals surface area contributed by atoms with Gasteiger partial charge in [-0.2, -0.15) is 0 Å². The predicted octanol–water partition coefficient (Wildman–Crippen LogP) is 3.18. The molecular weight excluding hydrogens is 158 g/mol. The van der Waals surface area contributed by atoms with Gasteiger partial charge < -0.3 is 0 Å². The summed E-state index contributed by atoms with van der Waals surface area (Å²) in [6.45, 7) is 3.04. The number of benzene rings is 1. The van der Waals surface area contributed by atoms with Crippen LogP contribution in [0.1, 0.15) is 18.9 Å². The average molecular weight is 173 g/mol. The number of nitrogens with zero attached hydrogens (tertiary/aromatic N) is 1. The Balaban J connectivity index is 2.41. The second-order valence-corrected chi connectivity index (χ2v) is 2.83. The fraction of sp³-hybridized carbons (Fsp3) is 0.250. The second-order valence-electron chi connectivity index (χ2n) is 2.83. The zero-order chi connectivity index (χ0) is 9.36. The molecule has 68 valence electrons. The van der Waals surface area contributed by atoms with Gasteiger partial charge in [-0.15, -0.1) is 0 Å². The van der Waals surface area contributed by atoms with E-state index in [1.165, 1.54) is 5.56 Å². The van der Waals surface area contributed by atoms with Crippen LogP contribution >= 0.6 is 0 Å².